The van der Waals surface area contributed by atoms with Crippen LogP contribution in [-0.2, 0) is 6.61 Å². The van der Waals surface area contributed by atoms with Gasteiger partial charge in [0.25, 0.3) is 11.6 Å². The van der Waals surface area contributed by atoms with Gasteiger partial charge in [0.05, 0.1) is 21.4 Å². The number of benzene rings is 3. The van der Waals surface area contributed by atoms with E-state index in [0.717, 1.165) is 31.5 Å². The molecule has 0 spiro atoms. The van der Waals surface area contributed by atoms with Crippen LogP contribution < -0.4 is 9.47 Å². The van der Waals surface area contributed by atoms with Crippen LogP contribution in [0.25, 0.3) is 10.9 Å². The minimum atomic E-state index is -0.467. The number of nitro groups is 1. The molecule has 196 valence electrons. The van der Waals surface area contributed by atoms with Gasteiger partial charge in [0.15, 0.2) is 0 Å². The number of aromatic nitrogens is 2. The second-order valence-electron chi connectivity index (χ2n) is 9.51. The monoisotopic (exact) mass is 514 g/mol. The molecule has 0 aliphatic carbocycles. The Hall–Kier alpha value is -4.24. The summed E-state index contributed by atoms with van der Waals surface area (Å²) in [5.74, 6) is 0.211. The number of nitro benzene ring substituents is 1. The molecule has 1 aliphatic heterocycles. The van der Waals surface area contributed by atoms with Gasteiger partial charge in [0.1, 0.15) is 19.0 Å². The molecule has 1 unspecified atom stereocenters. The molecule has 0 amide bonds. The van der Waals surface area contributed by atoms with Crippen molar-refractivity contribution in [2.45, 2.75) is 38.8 Å². The zero-order chi connectivity index (χ0) is 26.5. The molecule has 3 aromatic carbocycles. The van der Waals surface area contributed by atoms with E-state index in [9.17, 15) is 14.9 Å². The molecule has 9 nitrogen and oxygen atoms in total. The molecule has 4 aromatic rings. The molecule has 1 fully saturated rings. The Balaban J connectivity index is 1.44. The highest BCUT2D eigenvalue weighted by Crippen LogP contribution is 2.31. The molecule has 1 atom stereocenters. The van der Waals surface area contributed by atoms with Crippen molar-refractivity contribution >= 4 is 22.5 Å². The van der Waals surface area contributed by atoms with Gasteiger partial charge in [-0.2, -0.15) is 4.68 Å². The lowest BCUT2D eigenvalue weighted by atomic mass is 10.1. The number of fused-ring (bicyclic) bond motifs is 1. The molecule has 5 rings (SSSR count). The molecule has 1 saturated heterocycles. The summed E-state index contributed by atoms with van der Waals surface area (Å²) in [6.45, 7) is 4.80. The van der Waals surface area contributed by atoms with E-state index in [0.29, 0.717) is 35.4 Å². The van der Waals surface area contributed by atoms with Crippen molar-refractivity contribution in [2.75, 3.05) is 19.7 Å². The number of carbonyl (C=O) groups excluding carboxylic acids is 1. The number of rotatable bonds is 9. The highest BCUT2D eigenvalue weighted by molar-refractivity contribution is 6.04. The molecule has 0 radical (unpaired) electrons. The summed E-state index contributed by atoms with van der Waals surface area (Å²) in [6.07, 6.45) is 3.56. The van der Waals surface area contributed by atoms with Crippen LogP contribution in [0, 0.1) is 10.1 Å². The van der Waals surface area contributed by atoms with Crippen LogP contribution in [0.4, 0.5) is 5.69 Å². The summed E-state index contributed by atoms with van der Waals surface area (Å²) >= 11 is 0. The van der Waals surface area contributed by atoms with Crippen molar-refractivity contribution in [3.63, 3.8) is 0 Å². The fraction of sp³-hybridized carbons (Fsp3) is 0.310. The number of piperidine rings is 1. The zero-order valence-electron chi connectivity index (χ0n) is 21.3. The topological polar surface area (TPSA) is 99.7 Å². The van der Waals surface area contributed by atoms with E-state index < -0.39 is 10.8 Å². The first kappa shape index (κ1) is 25.4. The van der Waals surface area contributed by atoms with Gasteiger partial charge >= 0.3 is 0 Å². The number of ether oxygens (including phenoxy) is 2. The lowest BCUT2D eigenvalue weighted by Crippen LogP contribution is -2.40. The van der Waals surface area contributed by atoms with Crippen molar-refractivity contribution in [3.8, 4) is 11.6 Å². The van der Waals surface area contributed by atoms with Crippen molar-refractivity contribution in [1.82, 2.24) is 14.7 Å². The number of carbonyl (C=O) groups is 1. The van der Waals surface area contributed by atoms with Crippen molar-refractivity contribution in [1.29, 1.82) is 0 Å². The number of hydrogen-bond acceptors (Lipinski definition) is 7. The maximum absolute atomic E-state index is 13.7. The van der Waals surface area contributed by atoms with Gasteiger partial charge in [0, 0.05) is 18.2 Å². The van der Waals surface area contributed by atoms with Gasteiger partial charge in [-0.1, -0.05) is 48.9 Å². The number of para-hydroxylation sites is 1. The first-order valence-corrected chi connectivity index (χ1v) is 12.9. The minimum Gasteiger partial charge on any atom is -0.488 e. The van der Waals surface area contributed by atoms with Crippen LogP contribution >= 0.6 is 0 Å². The molecule has 0 bridgehead atoms. The van der Waals surface area contributed by atoms with E-state index in [-0.39, 0.29) is 17.6 Å². The van der Waals surface area contributed by atoms with Gasteiger partial charge in [-0.15, -0.1) is 5.10 Å². The Labute approximate surface area is 220 Å². The van der Waals surface area contributed by atoms with Crippen LogP contribution in [0.5, 0.6) is 11.6 Å². The summed E-state index contributed by atoms with van der Waals surface area (Å²) in [6, 6.07) is 21.1. The summed E-state index contributed by atoms with van der Waals surface area (Å²) < 4.78 is 13.3. The highest BCUT2D eigenvalue weighted by Gasteiger charge is 2.24. The second kappa shape index (κ2) is 11.4. The van der Waals surface area contributed by atoms with Gasteiger partial charge in [-0.05, 0) is 56.6 Å². The summed E-state index contributed by atoms with van der Waals surface area (Å²) in [5, 5.41) is 16.4. The lowest BCUT2D eigenvalue weighted by molar-refractivity contribution is -0.384. The molecule has 9 heteroatoms. The fourth-order valence-electron chi connectivity index (χ4n) is 4.74. The third kappa shape index (κ3) is 5.52. The van der Waals surface area contributed by atoms with E-state index in [4.69, 9.17) is 9.47 Å². The Morgan fingerprint density at radius 2 is 1.74 bits per heavy atom. The smallest absolute Gasteiger partial charge is 0.282 e. The fourth-order valence-corrected chi connectivity index (χ4v) is 4.74. The number of non-ortho nitro benzene ring substituents is 1. The zero-order valence-corrected chi connectivity index (χ0v) is 21.3. The summed E-state index contributed by atoms with van der Waals surface area (Å²) in [7, 11) is 0. The molecular weight excluding hydrogens is 484 g/mol. The molecular formula is C29H30N4O5. The lowest BCUT2D eigenvalue weighted by Gasteiger charge is -2.31. The molecule has 38 heavy (non-hydrogen) atoms. The molecule has 0 N–H and O–H groups in total. The largest absolute Gasteiger partial charge is 0.488 e. The number of likely N-dealkylation sites (tertiary alicyclic amines) is 1. The maximum atomic E-state index is 13.7. The minimum absolute atomic E-state index is 0.0926. The van der Waals surface area contributed by atoms with Crippen LogP contribution in [0.3, 0.4) is 0 Å². The Bertz CT molecular complexity index is 1430. The molecule has 1 aliphatic rings. The molecule has 0 saturated carbocycles. The van der Waals surface area contributed by atoms with Crippen molar-refractivity contribution < 1.29 is 19.2 Å². The average molecular weight is 515 g/mol. The third-order valence-corrected chi connectivity index (χ3v) is 6.86. The van der Waals surface area contributed by atoms with Crippen LogP contribution in [0.1, 0.15) is 42.1 Å². The highest BCUT2D eigenvalue weighted by atomic mass is 16.6. The molecule has 2 heterocycles. The van der Waals surface area contributed by atoms with Gasteiger partial charge < -0.3 is 9.47 Å². The Morgan fingerprint density at radius 1 is 1.00 bits per heavy atom. The van der Waals surface area contributed by atoms with E-state index >= 15 is 0 Å². The van der Waals surface area contributed by atoms with Crippen molar-refractivity contribution in [3.05, 3.63) is 94.0 Å². The quantitative estimate of drug-likeness (QED) is 0.216. The standard InChI is InChI=1S/C29H30N4O5/c1-21(31-16-8-3-9-17-31)19-38-28-25-18-23(33(35)36)14-15-26(25)32(30-28)29(34)24-12-6-7-13-27(24)37-20-22-10-4-2-5-11-22/h2,4-7,10-15,18,21H,3,8-9,16-17,19-20H2,1H3. The molecule has 1 aromatic heterocycles. The van der Waals surface area contributed by atoms with E-state index in [1.807, 2.05) is 30.3 Å². The Morgan fingerprint density at radius 3 is 2.50 bits per heavy atom. The third-order valence-electron chi connectivity index (χ3n) is 6.86. The average Bonchev–Trinajstić information content (AvgIpc) is 3.33. The summed E-state index contributed by atoms with van der Waals surface area (Å²) in [4.78, 5) is 27.1. The van der Waals surface area contributed by atoms with Crippen LogP contribution in [0.15, 0.2) is 72.8 Å². The van der Waals surface area contributed by atoms with Crippen molar-refractivity contribution in [2.24, 2.45) is 0 Å². The number of hydrogen-bond donors (Lipinski definition) is 0. The van der Waals surface area contributed by atoms with Crippen LogP contribution in [-0.4, -0.2) is 51.2 Å². The Kier molecular flexibility index (Phi) is 7.65. The van der Waals surface area contributed by atoms with Crippen LogP contribution in [0.2, 0.25) is 0 Å². The van der Waals surface area contributed by atoms with E-state index in [1.165, 1.54) is 29.3 Å². The normalized spacial score (nSPS) is 14.8. The number of nitrogens with zero attached hydrogens (tertiary/aromatic N) is 4. The predicted octanol–water partition coefficient (Wildman–Crippen LogP) is 5.47. The second-order valence-corrected chi connectivity index (χ2v) is 9.51. The van der Waals surface area contributed by atoms with Gasteiger partial charge in [-0.25, -0.2) is 0 Å². The first-order valence-electron chi connectivity index (χ1n) is 12.9. The van der Waals surface area contributed by atoms with Gasteiger partial charge in [0.2, 0.25) is 5.88 Å². The summed E-state index contributed by atoms with van der Waals surface area (Å²) in [5.41, 5.74) is 1.65. The maximum Gasteiger partial charge on any atom is 0.282 e. The van der Waals surface area contributed by atoms with Gasteiger partial charge in [-0.3, -0.25) is 19.8 Å². The van der Waals surface area contributed by atoms with E-state index in [2.05, 4.69) is 16.9 Å². The predicted molar refractivity (Wildman–Crippen MR) is 144 cm³/mol. The van der Waals surface area contributed by atoms with E-state index in [1.54, 1.807) is 24.3 Å². The SMILES string of the molecule is CC(COc1nn(C(=O)c2ccccc2OCc2ccccc2)c2ccc([N+](=O)[O-])cc12)N1CCCCC1. The first-order chi connectivity index (χ1) is 18.5.